The van der Waals surface area contributed by atoms with Gasteiger partial charge in [0, 0.05) is 30.3 Å². The van der Waals surface area contributed by atoms with Crippen LogP contribution in [0, 0.1) is 11.8 Å². The topological polar surface area (TPSA) is 81.1 Å². The van der Waals surface area contributed by atoms with Crippen LogP contribution >= 0.6 is 0 Å². The summed E-state index contributed by atoms with van der Waals surface area (Å²) in [6, 6.07) is 8.74. The van der Waals surface area contributed by atoms with Crippen molar-refractivity contribution in [1.82, 2.24) is 20.0 Å². The van der Waals surface area contributed by atoms with E-state index in [1.54, 1.807) is 0 Å². The highest BCUT2D eigenvalue weighted by molar-refractivity contribution is 6.06. The summed E-state index contributed by atoms with van der Waals surface area (Å²) >= 11 is 0. The molecule has 1 atom stereocenters. The highest BCUT2D eigenvalue weighted by atomic mass is 16.7. The minimum absolute atomic E-state index is 0.0589. The lowest BCUT2D eigenvalue weighted by molar-refractivity contribution is -0.124. The number of benzene rings is 1. The number of nitrogens with one attached hydrogen (secondary N) is 2. The molecule has 1 aromatic carbocycles. The van der Waals surface area contributed by atoms with Gasteiger partial charge < -0.3 is 15.5 Å². The highest BCUT2D eigenvalue weighted by Gasteiger charge is 2.22. The number of aromatic nitrogens is 3. The Bertz CT molecular complexity index is 1170. The van der Waals surface area contributed by atoms with Crippen molar-refractivity contribution in [1.29, 1.82) is 0 Å². The van der Waals surface area contributed by atoms with Crippen molar-refractivity contribution in [3.8, 4) is 0 Å². The minimum Gasteiger partial charge on any atom is -0.412 e. The van der Waals surface area contributed by atoms with Gasteiger partial charge in [0.2, 0.25) is 5.91 Å². The zero-order chi connectivity index (χ0) is 26.2. The van der Waals surface area contributed by atoms with Crippen LogP contribution in [-0.4, -0.2) is 39.8 Å². The molecule has 1 saturated carbocycles. The molecule has 1 unspecified atom stereocenters. The third kappa shape index (κ3) is 6.93. The molecule has 0 aliphatic heterocycles. The quantitative estimate of drug-likeness (QED) is 0.251. The van der Waals surface area contributed by atoms with Gasteiger partial charge in [-0.3, -0.25) is 4.79 Å². The predicted octanol–water partition coefficient (Wildman–Crippen LogP) is 6.29. The lowest BCUT2D eigenvalue weighted by Gasteiger charge is -2.16. The van der Waals surface area contributed by atoms with Crippen molar-refractivity contribution in [2.45, 2.75) is 97.9 Å². The van der Waals surface area contributed by atoms with Crippen LogP contribution in [0.3, 0.4) is 0 Å². The normalized spacial score (nSPS) is 15.1. The molecule has 1 aliphatic rings. The molecule has 4 rings (SSSR count). The standard InChI is InChI=1S/C30H45N5O2/c1-5-6-17-26-34-27-28(35(26)37-19-12-11-18-31-30(36)22(4)20-21(2)3)24-15-9-10-16-25(24)33-29(27)32-23-13-7-8-14-23/h9-10,15-16,21-23H,5-8,11-14,17-20H2,1-4H3,(H,31,36)(H,32,33). The van der Waals surface area contributed by atoms with Gasteiger partial charge in [0.1, 0.15) is 23.5 Å². The number of fused-ring (bicyclic) bond motifs is 3. The fourth-order valence-electron chi connectivity index (χ4n) is 5.38. The number of nitrogens with zero attached hydrogens (tertiary/aromatic N) is 3. The molecule has 2 N–H and O–H groups in total. The van der Waals surface area contributed by atoms with Crippen molar-refractivity contribution < 1.29 is 9.63 Å². The summed E-state index contributed by atoms with van der Waals surface area (Å²) in [5.41, 5.74) is 2.87. The van der Waals surface area contributed by atoms with E-state index >= 15 is 0 Å². The summed E-state index contributed by atoms with van der Waals surface area (Å²) in [7, 11) is 0. The average molecular weight is 508 g/mol. The number of para-hydroxylation sites is 1. The van der Waals surface area contributed by atoms with Crippen LogP contribution < -0.4 is 15.5 Å². The third-order valence-corrected chi connectivity index (χ3v) is 7.33. The smallest absolute Gasteiger partial charge is 0.222 e. The van der Waals surface area contributed by atoms with E-state index in [0.717, 1.165) is 72.1 Å². The second-order valence-corrected chi connectivity index (χ2v) is 11.1. The zero-order valence-corrected chi connectivity index (χ0v) is 23.2. The molecule has 7 nitrogen and oxygen atoms in total. The van der Waals surface area contributed by atoms with E-state index < -0.39 is 0 Å². The molecule has 0 bridgehead atoms. The van der Waals surface area contributed by atoms with Gasteiger partial charge >= 0.3 is 0 Å². The zero-order valence-electron chi connectivity index (χ0n) is 23.2. The summed E-state index contributed by atoms with van der Waals surface area (Å²) in [4.78, 5) is 28.8. The molecule has 1 fully saturated rings. The van der Waals surface area contributed by atoms with Gasteiger partial charge in [0.25, 0.3) is 0 Å². The van der Waals surface area contributed by atoms with Crippen LogP contribution in [0.5, 0.6) is 0 Å². The number of amides is 1. The molecule has 1 aliphatic carbocycles. The lowest BCUT2D eigenvalue weighted by Crippen LogP contribution is -2.31. The van der Waals surface area contributed by atoms with Crippen LogP contribution in [0.2, 0.25) is 0 Å². The van der Waals surface area contributed by atoms with E-state index in [1.165, 1.54) is 25.7 Å². The Hall–Kier alpha value is -2.83. The van der Waals surface area contributed by atoms with Crippen LogP contribution in [0.15, 0.2) is 24.3 Å². The largest absolute Gasteiger partial charge is 0.412 e. The monoisotopic (exact) mass is 507 g/mol. The number of anilines is 1. The number of carbonyl (C=O) groups excluding carboxylic acids is 1. The Balaban J connectivity index is 1.49. The average Bonchev–Trinajstić information content (AvgIpc) is 3.52. The molecule has 1 amide bonds. The van der Waals surface area contributed by atoms with Crippen molar-refractivity contribution >= 4 is 33.7 Å². The summed E-state index contributed by atoms with van der Waals surface area (Å²) < 4.78 is 1.97. The van der Waals surface area contributed by atoms with Crippen LogP contribution in [0.1, 0.15) is 91.3 Å². The van der Waals surface area contributed by atoms with E-state index in [9.17, 15) is 4.79 Å². The number of pyridine rings is 1. The first kappa shape index (κ1) is 27.2. The van der Waals surface area contributed by atoms with E-state index in [0.29, 0.717) is 25.1 Å². The van der Waals surface area contributed by atoms with Crippen molar-refractivity contribution in [2.24, 2.45) is 11.8 Å². The number of imidazole rings is 1. The first-order valence-corrected chi connectivity index (χ1v) is 14.5. The molecule has 0 spiro atoms. The Morgan fingerprint density at radius 2 is 1.89 bits per heavy atom. The Morgan fingerprint density at radius 1 is 1.11 bits per heavy atom. The maximum absolute atomic E-state index is 12.3. The fraction of sp³-hybridized carbons (Fsp3) is 0.633. The van der Waals surface area contributed by atoms with Crippen molar-refractivity contribution in [3.05, 3.63) is 30.1 Å². The third-order valence-electron chi connectivity index (χ3n) is 7.33. The first-order chi connectivity index (χ1) is 18.0. The molecule has 2 aromatic heterocycles. The minimum atomic E-state index is 0.0589. The van der Waals surface area contributed by atoms with Gasteiger partial charge in [-0.05, 0) is 50.5 Å². The van der Waals surface area contributed by atoms with E-state index in [4.69, 9.17) is 14.8 Å². The van der Waals surface area contributed by atoms with Crippen molar-refractivity contribution in [3.63, 3.8) is 0 Å². The molecular weight excluding hydrogens is 462 g/mol. The van der Waals surface area contributed by atoms with Crippen LogP contribution in [0.4, 0.5) is 5.82 Å². The summed E-state index contributed by atoms with van der Waals surface area (Å²) in [5.74, 6) is 2.57. The van der Waals surface area contributed by atoms with Gasteiger partial charge in [-0.25, -0.2) is 9.97 Å². The number of carbonyl (C=O) groups is 1. The van der Waals surface area contributed by atoms with Crippen molar-refractivity contribution in [2.75, 3.05) is 18.5 Å². The number of unbranched alkanes of at least 4 members (excludes halogenated alkanes) is 2. The maximum Gasteiger partial charge on any atom is 0.222 e. The summed E-state index contributed by atoms with van der Waals surface area (Å²) in [5, 5.41) is 7.86. The van der Waals surface area contributed by atoms with Gasteiger partial charge in [-0.15, -0.1) is 0 Å². The number of aryl methyl sites for hydroxylation is 1. The second-order valence-electron chi connectivity index (χ2n) is 11.1. The fourth-order valence-corrected chi connectivity index (χ4v) is 5.38. The molecule has 2 heterocycles. The summed E-state index contributed by atoms with van der Waals surface area (Å²) in [6.45, 7) is 9.78. The molecule has 37 heavy (non-hydrogen) atoms. The summed E-state index contributed by atoms with van der Waals surface area (Å²) in [6.07, 6.45) is 10.6. The number of hydrogen-bond donors (Lipinski definition) is 2. The Morgan fingerprint density at radius 3 is 2.65 bits per heavy atom. The Kier molecular flexibility index (Phi) is 9.64. The maximum atomic E-state index is 12.3. The highest BCUT2D eigenvalue weighted by Crippen LogP contribution is 2.32. The van der Waals surface area contributed by atoms with Crippen LogP contribution in [-0.2, 0) is 11.2 Å². The number of hydrogen-bond acceptors (Lipinski definition) is 5. The molecule has 202 valence electrons. The molecule has 0 saturated heterocycles. The predicted molar refractivity (Wildman–Crippen MR) is 152 cm³/mol. The Labute approximate surface area is 221 Å². The molecule has 3 aromatic rings. The molecule has 7 heteroatoms. The SMILES string of the molecule is CCCCc1nc2c(NC3CCCC3)nc3ccccc3c2n1OCCCCNC(=O)C(C)CC(C)C. The van der Waals surface area contributed by atoms with E-state index in [2.05, 4.69) is 49.6 Å². The van der Waals surface area contributed by atoms with Gasteiger partial charge in [0.05, 0.1) is 5.52 Å². The molecular formula is C30H45N5O2. The van der Waals surface area contributed by atoms with E-state index in [-0.39, 0.29) is 11.8 Å². The van der Waals surface area contributed by atoms with Gasteiger partial charge in [0.15, 0.2) is 5.82 Å². The second kappa shape index (κ2) is 13.1. The van der Waals surface area contributed by atoms with Gasteiger partial charge in [-0.2, -0.15) is 4.73 Å². The van der Waals surface area contributed by atoms with Crippen LogP contribution in [0.25, 0.3) is 21.9 Å². The first-order valence-electron chi connectivity index (χ1n) is 14.5. The van der Waals surface area contributed by atoms with E-state index in [1.807, 2.05) is 17.7 Å². The lowest BCUT2D eigenvalue weighted by atomic mass is 9.98. The number of rotatable bonds is 14. The molecule has 0 radical (unpaired) electrons. The van der Waals surface area contributed by atoms with Gasteiger partial charge in [-0.1, -0.05) is 65.2 Å².